The van der Waals surface area contributed by atoms with Gasteiger partial charge in [0.05, 0.1) is 18.2 Å². The molecule has 2 aromatic rings. The minimum atomic E-state index is -0.330. The molecule has 0 bridgehead atoms. The van der Waals surface area contributed by atoms with Crippen molar-refractivity contribution in [1.82, 2.24) is 20.4 Å². The number of aromatic nitrogens is 2. The third-order valence-corrected chi connectivity index (χ3v) is 4.89. The molecule has 134 valence electrons. The van der Waals surface area contributed by atoms with Crippen LogP contribution in [0.2, 0.25) is 0 Å². The Balaban J connectivity index is 1.54. The molecule has 6 nitrogen and oxygen atoms in total. The van der Waals surface area contributed by atoms with Crippen molar-refractivity contribution in [2.45, 2.75) is 45.4 Å². The van der Waals surface area contributed by atoms with Crippen LogP contribution < -0.4 is 5.32 Å². The van der Waals surface area contributed by atoms with Crippen molar-refractivity contribution in [2.75, 3.05) is 13.1 Å². The first-order valence-corrected chi connectivity index (χ1v) is 8.76. The van der Waals surface area contributed by atoms with Crippen LogP contribution in [0, 0.1) is 13.8 Å². The number of hydrogen-bond donors (Lipinski definition) is 3. The normalized spacial score (nSPS) is 20.8. The molecule has 2 heterocycles. The van der Waals surface area contributed by atoms with Crippen molar-refractivity contribution < 1.29 is 9.90 Å². The highest BCUT2D eigenvalue weighted by Gasteiger charge is 2.31. The van der Waals surface area contributed by atoms with Crippen LogP contribution in [0.25, 0.3) is 0 Å². The molecular weight excluding hydrogens is 316 g/mol. The average Bonchev–Trinajstić information content (AvgIpc) is 3.10. The molecule has 0 aliphatic carbocycles. The standard InChI is InChI=1S/C19H26N4O2/c1-13-18(14(2)22-21-13)9-19(25)20-10-16-8-17(24)12-23(16)11-15-6-4-3-5-7-15/h3-7,16-17,24H,8-12H2,1-2H3,(H,20,25)(H,21,22)/t16-,17-/m0/s1. The molecule has 1 amide bonds. The topological polar surface area (TPSA) is 81.2 Å². The summed E-state index contributed by atoms with van der Waals surface area (Å²) in [4.78, 5) is 14.5. The monoisotopic (exact) mass is 342 g/mol. The van der Waals surface area contributed by atoms with Crippen molar-refractivity contribution in [1.29, 1.82) is 0 Å². The maximum absolute atomic E-state index is 12.3. The van der Waals surface area contributed by atoms with Crippen molar-refractivity contribution in [3.63, 3.8) is 0 Å². The molecule has 1 aromatic heterocycles. The predicted molar refractivity (Wildman–Crippen MR) is 96.0 cm³/mol. The SMILES string of the molecule is Cc1n[nH]c(C)c1CC(=O)NC[C@@H]1C[C@H](O)CN1Cc1ccccc1. The second kappa shape index (κ2) is 7.80. The smallest absolute Gasteiger partial charge is 0.224 e. The summed E-state index contributed by atoms with van der Waals surface area (Å²) in [5.41, 5.74) is 3.99. The number of aliphatic hydroxyl groups excluding tert-OH is 1. The molecule has 1 aliphatic heterocycles. The lowest BCUT2D eigenvalue weighted by Gasteiger charge is -2.24. The van der Waals surface area contributed by atoms with Crippen molar-refractivity contribution in [3.8, 4) is 0 Å². The van der Waals surface area contributed by atoms with Gasteiger partial charge in [0.1, 0.15) is 0 Å². The van der Waals surface area contributed by atoms with E-state index in [0.29, 0.717) is 25.9 Å². The third-order valence-electron chi connectivity index (χ3n) is 4.89. The van der Waals surface area contributed by atoms with Crippen molar-refractivity contribution in [2.24, 2.45) is 0 Å². The number of benzene rings is 1. The Bertz CT molecular complexity index is 694. The number of β-amino-alcohol motifs (C(OH)–C–C–N with tert-alkyl or cyclic N) is 1. The first-order chi connectivity index (χ1) is 12.0. The molecule has 0 unspecified atom stereocenters. The second-order valence-corrected chi connectivity index (χ2v) is 6.85. The molecule has 6 heteroatoms. The Morgan fingerprint density at radius 2 is 2.12 bits per heavy atom. The summed E-state index contributed by atoms with van der Waals surface area (Å²) in [5.74, 6) is -0.00588. The van der Waals surface area contributed by atoms with E-state index >= 15 is 0 Å². The zero-order valence-corrected chi connectivity index (χ0v) is 14.8. The van der Waals surface area contributed by atoms with E-state index in [0.717, 1.165) is 23.5 Å². The lowest BCUT2D eigenvalue weighted by molar-refractivity contribution is -0.120. The van der Waals surface area contributed by atoms with E-state index in [-0.39, 0.29) is 18.1 Å². The number of nitrogens with one attached hydrogen (secondary N) is 2. The highest BCUT2D eigenvalue weighted by Crippen LogP contribution is 2.20. The Morgan fingerprint density at radius 1 is 1.36 bits per heavy atom. The molecule has 1 fully saturated rings. The first-order valence-electron chi connectivity index (χ1n) is 8.76. The maximum atomic E-state index is 12.3. The quantitative estimate of drug-likeness (QED) is 0.740. The van der Waals surface area contributed by atoms with E-state index < -0.39 is 0 Å². The van der Waals surface area contributed by atoms with E-state index in [4.69, 9.17) is 0 Å². The fourth-order valence-electron chi connectivity index (χ4n) is 3.47. The zero-order valence-electron chi connectivity index (χ0n) is 14.8. The molecule has 25 heavy (non-hydrogen) atoms. The first kappa shape index (κ1) is 17.6. The van der Waals surface area contributed by atoms with E-state index in [1.165, 1.54) is 5.56 Å². The number of nitrogens with zero attached hydrogens (tertiary/aromatic N) is 2. The number of carbonyl (C=O) groups is 1. The molecule has 1 aliphatic rings. The summed E-state index contributed by atoms with van der Waals surface area (Å²) in [7, 11) is 0. The lowest BCUT2D eigenvalue weighted by atomic mass is 10.1. The van der Waals surface area contributed by atoms with Crippen molar-refractivity contribution in [3.05, 3.63) is 52.8 Å². The number of aryl methyl sites for hydroxylation is 2. The van der Waals surface area contributed by atoms with E-state index in [1.807, 2.05) is 32.0 Å². The molecule has 3 rings (SSSR count). The van der Waals surface area contributed by atoms with Gasteiger partial charge >= 0.3 is 0 Å². The average molecular weight is 342 g/mol. The van der Waals surface area contributed by atoms with Crippen LogP contribution in [-0.2, 0) is 17.8 Å². The van der Waals surface area contributed by atoms with Crippen LogP contribution in [0.1, 0.15) is 28.9 Å². The number of hydrogen-bond acceptors (Lipinski definition) is 4. The maximum Gasteiger partial charge on any atom is 0.224 e. The largest absolute Gasteiger partial charge is 0.392 e. The third kappa shape index (κ3) is 4.46. The predicted octanol–water partition coefficient (Wildman–Crippen LogP) is 1.32. The summed E-state index contributed by atoms with van der Waals surface area (Å²) in [6, 6.07) is 10.4. The molecule has 2 atom stereocenters. The van der Waals surface area contributed by atoms with Crippen LogP contribution in [0.5, 0.6) is 0 Å². The van der Waals surface area contributed by atoms with Gasteiger partial charge in [-0.25, -0.2) is 0 Å². The van der Waals surface area contributed by atoms with Gasteiger partial charge in [0, 0.05) is 36.9 Å². The number of likely N-dealkylation sites (tertiary alicyclic amines) is 1. The van der Waals surface area contributed by atoms with Crippen LogP contribution in [0.4, 0.5) is 0 Å². The van der Waals surface area contributed by atoms with Crippen LogP contribution in [0.15, 0.2) is 30.3 Å². The van der Waals surface area contributed by atoms with E-state index in [2.05, 4.69) is 32.5 Å². The summed E-state index contributed by atoms with van der Waals surface area (Å²) < 4.78 is 0. The lowest BCUT2D eigenvalue weighted by Crippen LogP contribution is -2.40. The second-order valence-electron chi connectivity index (χ2n) is 6.85. The van der Waals surface area contributed by atoms with Gasteiger partial charge in [-0.2, -0.15) is 5.10 Å². The van der Waals surface area contributed by atoms with Crippen LogP contribution >= 0.6 is 0 Å². The molecule has 0 saturated carbocycles. The Labute approximate surface area is 148 Å². The fraction of sp³-hybridized carbons (Fsp3) is 0.474. The van der Waals surface area contributed by atoms with Crippen LogP contribution in [-0.4, -0.2) is 51.3 Å². The highest BCUT2D eigenvalue weighted by molar-refractivity contribution is 5.79. The van der Waals surface area contributed by atoms with Gasteiger partial charge in [0.15, 0.2) is 0 Å². The van der Waals surface area contributed by atoms with Gasteiger partial charge < -0.3 is 10.4 Å². The summed E-state index contributed by atoms with van der Waals surface area (Å²) in [5, 5.41) is 20.1. The number of aromatic amines is 1. The van der Waals surface area contributed by atoms with Gasteiger partial charge in [-0.15, -0.1) is 0 Å². The fourth-order valence-corrected chi connectivity index (χ4v) is 3.47. The summed E-state index contributed by atoms with van der Waals surface area (Å²) in [6.07, 6.45) is 0.697. The minimum Gasteiger partial charge on any atom is -0.392 e. The van der Waals surface area contributed by atoms with Gasteiger partial charge in [-0.05, 0) is 25.8 Å². The molecule has 0 radical (unpaired) electrons. The Kier molecular flexibility index (Phi) is 5.50. The summed E-state index contributed by atoms with van der Waals surface area (Å²) >= 11 is 0. The molecule has 0 spiro atoms. The minimum absolute atomic E-state index is 0.00588. The van der Waals surface area contributed by atoms with Crippen molar-refractivity contribution >= 4 is 5.91 Å². The van der Waals surface area contributed by atoms with Gasteiger partial charge in [-0.3, -0.25) is 14.8 Å². The number of rotatable bonds is 6. The highest BCUT2D eigenvalue weighted by atomic mass is 16.3. The Morgan fingerprint density at radius 3 is 2.80 bits per heavy atom. The number of amides is 1. The number of H-pyrrole nitrogens is 1. The molecular formula is C19H26N4O2. The number of carbonyl (C=O) groups excluding carboxylic acids is 1. The zero-order chi connectivity index (χ0) is 17.8. The Hall–Kier alpha value is -2.18. The molecule has 1 aromatic carbocycles. The van der Waals surface area contributed by atoms with Gasteiger partial charge in [0.2, 0.25) is 5.91 Å². The van der Waals surface area contributed by atoms with Gasteiger partial charge in [-0.1, -0.05) is 30.3 Å². The number of aliphatic hydroxyl groups is 1. The molecule has 1 saturated heterocycles. The summed E-state index contributed by atoms with van der Waals surface area (Å²) in [6.45, 7) is 5.82. The van der Waals surface area contributed by atoms with E-state index in [9.17, 15) is 9.90 Å². The van der Waals surface area contributed by atoms with E-state index in [1.54, 1.807) is 0 Å². The van der Waals surface area contributed by atoms with Crippen LogP contribution in [0.3, 0.4) is 0 Å². The molecule has 3 N–H and O–H groups in total. The van der Waals surface area contributed by atoms with Gasteiger partial charge in [0.25, 0.3) is 0 Å².